The molecular formula is C18H24N4S. The van der Waals surface area contributed by atoms with Crippen LogP contribution in [0.5, 0.6) is 0 Å². The lowest BCUT2D eigenvalue weighted by atomic mass is 10.2. The molecule has 3 rings (SSSR count). The molecule has 0 bridgehead atoms. The molecule has 0 spiro atoms. The third-order valence-corrected chi connectivity index (χ3v) is 5.57. The van der Waals surface area contributed by atoms with E-state index < -0.39 is 0 Å². The van der Waals surface area contributed by atoms with Crippen LogP contribution in [0, 0.1) is 0 Å². The van der Waals surface area contributed by atoms with Crippen molar-refractivity contribution in [2.24, 2.45) is 0 Å². The number of anilines is 1. The second-order valence-corrected chi connectivity index (χ2v) is 7.35. The Morgan fingerprint density at radius 1 is 1.17 bits per heavy atom. The van der Waals surface area contributed by atoms with E-state index in [-0.39, 0.29) is 0 Å². The Labute approximate surface area is 142 Å². The van der Waals surface area contributed by atoms with Crippen molar-refractivity contribution in [1.82, 2.24) is 15.0 Å². The van der Waals surface area contributed by atoms with E-state index in [0.717, 1.165) is 29.3 Å². The van der Waals surface area contributed by atoms with Gasteiger partial charge in [-0.2, -0.15) is 11.8 Å². The monoisotopic (exact) mass is 328 g/mol. The van der Waals surface area contributed by atoms with Crippen LogP contribution in [0.15, 0.2) is 30.6 Å². The highest BCUT2D eigenvalue weighted by molar-refractivity contribution is 7.99. The van der Waals surface area contributed by atoms with Gasteiger partial charge in [-0.15, -0.1) is 0 Å². The molecule has 1 aliphatic carbocycles. The van der Waals surface area contributed by atoms with Crippen LogP contribution in [0.3, 0.4) is 0 Å². The Morgan fingerprint density at radius 3 is 2.74 bits per heavy atom. The molecule has 2 heterocycles. The zero-order chi connectivity index (χ0) is 16.1. The summed E-state index contributed by atoms with van der Waals surface area (Å²) < 4.78 is 0. The van der Waals surface area contributed by atoms with Gasteiger partial charge in [-0.05, 0) is 37.1 Å². The standard InChI is InChI=1S/C18H24N4S/c1-3-14-12-17(21-15-6-5-7-16(15)23-4-2)22-18(20-14)13-8-10-19-11-9-13/h8-12,15-16H,3-7H2,1-2H3,(H,20,21,22). The third-order valence-electron chi connectivity index (χ3n) is 4.25. The summed E-state index contributed by atoms with van der Waals surface area (Å²) in [5.41, 5.74) is 2.09. The summed E-state index contributed by atoms with van der Waals surface area (Å²) in [7, 11) is 0. The van der Waals surface area contributed by atoms with Gasteiger partial charge in [0.15, 0.2) is 5.82 Å². The van der Waals surface area contributed by atoms with Crippen molar-refractivity contribution >= 4 is 17.6 Å². The first kappa shape index (κ1) is 16.2. The topological polar surface area (TPSA) is 50.7 Å². The highest BCUT2D eigenvalue weighted by atomic mass is 32.2. The maximum atomic E-state index is 4.75. The van der Waals surface area contributed by atoms with Gasteiger partial charge in [0.2, 0.25) is 0 Å². The van der Waals surface area contributed by atoms with Crippen molar-refractivity contribution in [2.75, 3.05) is 11.1 Å². The van der Waals surface area contributed by atoms with E-state index in [2.05, 4.69) is 47.0 Å². The van der Waals surface area contributed by atoms with Gasteiger partial charge in [-0.1, -0.05) is 20.3 Å². The second-order valence-electron chi connectivity index (χ2n) is 5.83. The van der Waals surface area contributed by atoms with Crippen molar-refractivity contribution in [3.05, 3.63) is 36.3 Å². The van der Waals surface area contributed by atoms with Crippen molar-refractivity contribution < 1.29 is 0 Å². The van der Waals surface area contributed by atoms with E-state index in [0.29, 0.717) is 11.3 Å². The normalized spacial score (nSPS) is 20.6. The number of hydrogen-bond donors (Lipinski definition) is 1. The number of thioether (sulfide) groups is 1. The van der Waals surface area contributed by atoms with E-state index in [1.807, 2.05) is 12.1 Å². The minimum absolute atomic E-state index is 0.518. The zero-order valence-electron chi connectivity index (χ0n) is 13.8. The molecule has 2 aromatic rings. The van der Waals surface area contributed by atoms with Crippen LogP contribution in [0.1, 0.15) is 38.8 Å². The van der Waals surface area contributed by atoms with Gasteiger partial charge in [0.25, 0.3) is 0 Å². The Balaban J connectivity index is 1.84. The highest BCUT2D eigenvalue weighted by Gasteiger charge is 2.27. The Bertz CT molecular complexity index is 632. The van der Waals surface area contributed by atoms with Crippen LogP contribution >= 0.6 is 11.8 Å². The van der Waals surface area contributed by atoms with Crippen molar-refractivity contribution in [1.29, 1.82) is 0 Å². The number of pyridine rings is 1. The summed E-state index contributed by atoms with van der Waals surface area (Å²) in [4.78, 5) is 13.5. The van der Waals surface area contributed by atoms with Gasteiger partial charge in [-0.3, -0.25) is 4.98 Å². The molecule has 2 unspecified atom stereocenters. The van der Waals surface area contributed by atoms with Crippen molar-refractivity contribution in [2.45, 2.75) is 50.8 Å². The number of rotatable bonds is 6. The summed E-state index contributed by atoms with van der Waals surface area (Å²) in [5.74, 6) is 2.92. The SMILES string of the molecule is CCSC1CCCC1Nc1cc(CC)nc(-c2ccncc2)n1. The molecule has 0 aliphatic heterocycles. The number of aryl methyl sites for hydroxylation is 1. The Morgan fingerprint density at radius 2 is 2.00 bits per heavy atom. The molecule has 122 valence electrons. The van der Waals surface area contributed by atoms with Crippen LogP contribution < -0.4 is 5.32 Å². The molecule has 0 aromatic carbocycles. The summed E-state index contributed by atoms with van der Waals surface area (Å²) in [6.45, 7) is 4.37. The zero-order valence-corrected chi connectivity index (χ0v) is 14.6. The average Bonchev–Trinajstić information content (AvgIpc) is 3.02. The fourth-order valence-electron chi connectivity index (χ4n) is 3.08. The molecule has 0 radical (unpaired) electrons. The molecular weight excluding hydrogens is 304 g/mol. The first-order valence-corrected chi connectivity index (χ1v) is 9.51. The quantitative estimate of drug-likeness (QED) is 0.862. The van der Waals surface area contributed by atoms with E-state index in [1.165, 1.54) is 25.0 Å². The van der Waals surface area contributed by atoms with E-state index >= 15 is 0 Å². The molecule has 1 N–H and O–H groups in total. The summed E-state index contributed by atoms with van der Waals surface area (Å²) >= 11 is 2.06. The predicted molar refractivity (Wildman–Crippen MR) is 97.8 cm³/mol. The maximum Gasteiger partial charge on any atom is 0.161 e. The maximum absolute atomic E-state index is 4.75. The van der Waals surface area contributed by atoms with Gasteiger partial charge in [0.1, 0.15) is 5.82 Å². The Kier molecular flexibility index (Phi) is 5.49. The first-order chi connectivity index (χ1) is 11.3. The molecule has 23 heavy (non-hydrogen) atoms. The third kappa shape index (κ3) is 4.02. The van der Waals surface area contributed by atoms with Crippen molar-refractivity contribution in [3.63, 3.8) is 0 Å². The fraction of sp³-hybridized carbons (Fsp3) is 0.500. The van der Waals surface area contributed by atoms with E-state index in [4.69, 9.17) is 4.98 Å². The van der Waals surface area contributed by atoms with Crippen LogP contribution in [-0.4, -0.2) is 32.0 Å². The summed E-state index contributed by atoms with van der Waals surface area (Å²) in [6, 6.07) is 6.54. The molecule has 0 amide bonds. The molecule has 0 saturated heterocycles. The average molecular weight is 328 g/mol. The number of hydrogen-bond acceptors (Lipinski definition) is 5. The second kappa shape index (κ2) is 7.77. The predicted octanol–water partition coefficient (Wildman–Crippen LogP) is 4.19. The van der Waals surface area contributed by atoms with Gasteiger partial charge in [-0.25, -0.2) is 9.97 Å². The number of nitrogens with one attached hydrogen (secondary N) is 1. The van der Waals surface area contributed by atoms with E-state index in [9.17, 15) is 0 Å². The van der Waals surface area contributed by atoms with Gasteiger partial charge in [0.05, 0.1) is 0 Å². The summed E-state index contributed by atoms with van der Waals surface area (Å²) in [6.07, 6.45) is 8.32. The first-order valence-electron chi connectivity index (χ1n) is 8.46. The molecule has 2 aromatic heterocycles. The smallest absolute Gasteiger partial charge is 0.161 e. The summed E-state index contributed by atoms with van der Waals surface area (Å²) in [5, 5.41) is 4.37. The highest BCUT2D eigenvalue weighted by Crippen LogP contribution is 2.32. The van der Waals surface area contributed by atoms with Crippen LogP contribution in [-0.2, 0) is 6.42 Å². The molecule has 2 atom stereocenters. The number of nitrogens with zero attached hydrogens (tertiary/aromatic N) is 3. The number of aromatic nitrogens is 3. The Hall–Kier alpha value is -1.62. The van der Waals surface area contributed by atoms with Crippen molar-refractivity contribution in [3.8, 4) is 11.4 Å². The molecule has 1 saturated carbocycles. The fourth-order valence-corrected chi connectivity index (χ4v) is 4.28. The lowest BCUT2D eigenvalue weighted by Gasteiger charge is -2.21. The van der Waals surface area contributed by atoms with Gasteiger partial charge in [0, 0.05) is 41.0 Å². The van der Waals surface area contributed by atoms with E-state index in [1.54, 1.807) is 12.4 Å². The molecule has 4 nitrogen and oxygen atoms in total. The lowest BCUT2D eigenvalue weighted by Crippen LogP contribution is -2.27. The van der Waals surface area contributed by atoms with Gasteiger partial charge >= 0.3 is 0 Å². The minimum atomic E-state index is 0.518. The lowest BCUT2D eigenvalue weighted by molar-refractivity contribution is 0.761. The minimum Gasteiger partial charge on any atom is -0.366 e. The molecule has 5 heteroatoms. The van der Waals surface area contributed by atoms with Gasteiger partial charge < -0.3 is 5.32 Å². The van der Waals surface area contributed by atoms with Crippen LogP contribution in [0.2, 0.25) is 0 Å². The van der Waals surface area contributed by atoms with Crippen LogP contribution in [0.25, 0.3) is 11.4 Å². The largest absolute Gasteiger partial charge is 0.366 e. The molecule has 1 fully saturated rings. The van der Waals surface area contributed by atoms with Crippen LogP contribution in [0.4, 0.5) is 5.82 Å². The molecule has 1 aliphatic rings.